The standard InChI is InChI=1S/C31H43NO4S/c1-3-5-6-7-8-9-10-11-12-13-14-15-16-17-18-19-20-21-24-37-29(4-2)30(34)32-26-22-23-28(33)27(25-26)31(35)36/h5-6,8-9,11-12,14-15,17-18,22-23,25,29,33H,3-4,7,10,13,16,19-21,24H2,1-2H3,(H,32,34)(H,35,36). The van der Waals surface area contributed by atoms with Crippen molar-refractivity contribution in [3.8, 4) is 5.75 Å². The Bertz CT molecular complexity index is 947. The lowest BCUT2D eigenvalue weighted by Crippen LogP contribution is -2.25. The summed E-state index contributed by atoms with van der Waals surface area (Å²) in [5, 5.41) is 21.3. The van der Waals surface area contributed by atoms with Gasteiger partial charge in [-0.1, -0.05) is 74.6 Å². The molecular formula is C31H43NO4S. The zero-order valence-corrected chi connectivity index (χ0v) is 23.1. The first-order valence-corrected chi connectivity index (χ1v) is 14.3. The lowest BCUT2D eigenvalue weighted by atomic mass is 10.1. The number of aromatic carboxylic acids is 1. The van der Waals surface area contributed by atoms with Crippen LogP contribution in [0.2, 0.25) is 0 Å². The quantitative estimate of drug-likeness (QED) is 0.0958. The summed E-state index contributed by atoms with van der Waals surface area (Å²) < 4.78 is 0. The zero-order chi connectivity index (χ0) is 27.1. The Morgan fingerprint density at radius 2 is 1.43 bits per heavy atom. The second-order valence-electron chi connectivity index (χ2n) is 8.50. The van der Waals surface area contributed by atoms with Crippen molar-refractivity contribution >= 4 is 29.3 Å². The van der Waals surface area contributed by atoms with E-state index < -0.39 is 5.97 Å². The number of carboxylic acid groups (broad SMARTS) is 1. The van der Waals surface area contributed by atoms with Gasteiger partial charge in [-0.3, -0.25) is 4.79 Å². The number of carboxylic acids is 1. The molecule has 0 radical (unpaired) electrons. The molecule has 37 heavy (non-hydrogen) atoms. The molecule has 1 unspecified atom stereocenters. The van der Waals surface area contributed by atoms with Crippen molar-refractivity contribution < 1.29 is 19.8 Å². The van der Waals surface area contributed by atoms with Gasteiger partial charge in [0.2, 0.25) is 5.91 Å². The fourth-order valence-corrected chi connectivity index (χ4v) is 4.45. The van der Waals surface area contributed by atoms with Gasteiger partial charge in [-0.15, -0.1) is 11.8 Å². The maximum Gasteiger partial charge on any atom is 0.339 e. The van der Waals surface area contributed by atoms with Gasteiger partial charge in [-0.25, -0.2) is 4.79 Å². The van der Waals surface area contributed by atoms with Crippen molar-refractivity contribution in [2.24, 2.45) is 0 Å². The molecule has 5 nitrogen and oxygen atoms in total. The Morgan fingerprint density at radius 1 is 0.865 bits per heavy atom. The maximum atomic E-state index is 12.6. The minimum atomic E-state index is -1.23. The van der Waals surface area contributed by atoms with Gasteiger partial charge in [0.25, 0.3) is 0 Å². The van der Waals surface area contributed by atoms with Gasteiger partial charge in [0.05, 0.1) is 5.25 Å². The van der Waals surface area contributed by atoms with Gasteiger partial charge >= 0.3 is 5.97 Å². The Morgan fingerprint density at radius 3 is 1.97 bits per heavy atom. The number of nitrogens with one attached hydrogen (secondary N) is 1. The van der Waals surface area contributed by atoms with Crippen LogP contribution in [0.3, 0.4) is 0 Å². The van der Waals surface area contributed by atoms with E-state index in [4.69, 9.17) is 5.11 Å². The molecular weight excluding hydrogens is 482 g/mol. The topological polar surface area (TPSA) is 86.6 Å². The van der Waals surface area contributed by atoms with Crippen LogP contribution in [-0.2, 0) is 4.79 Å². The summed E-state index contributed by atoms with van der Waals surface area (Å²) in [4.78, 5) is 23.7. The highest BCUT2D eigenvalue weighted by Gasteiger charge is 2.18. The fraction of sp³-hybridized carbons (Fsp3) is 0.419. The highest BCUT2D eigenvalue weighted by molar-refractivity contribution is 8.00. The molecule has 0 spiro atoms. The van der Waals surface area contributed by atoms with E-state index >= 15 is 0 Å². The first-order chi connectivity index (χ1) is 18.0. The zero-order valence-electron chi connectivity index (χ0n) is 22.3. The second-order valence-corrected chi connectivity index (χ2v) is 9.81. The number of unbranched alkanes of at least 4 members (excludes halogenated alkanes) is 2. The molecule has 0 aromatic heterocycles. The number of rotatable bonds is 19. The molecule has 6 heteroatoms. The van der Waals surface area contributed by atoms with Crippen LogP contribution in [0, 0.1) is 0 Å². The molecule has 202 valence electrons. The number of amides is 1. The van der Waals surface area contributed by atoms with E-state index in [-0.39, 0.29) is 22.5 Å². The van der Waals surface area contributed by atoms with Crippen molar-refractivity contribution in [3.63, 3.8) is 0 Å². The Balaban J connectivity index is 2.15. The van der Waals surface area contributed by atoms with E-state index in [0.29, 0.717) is 12.1 Å². The molecule has 1 amide bonds. The van der Waals surface area contributed by atoms with Crippen molar-refractivity contribution in [1.82, 2.24) is 0 Å². The number of aromatic hydroxyl groups is 1. The van der Waals surface area contributed by atoms with E-state index in [1.54, 1.807) is 11.8 Å². The Kier molecular flexibility index (Phi) is 18.3. The van der Waals surface area contributed by atoms with Crippen LogP contribution < -0.4 is 5.32 Å². The molecule has 1 atom stereocenters. The van der Waals surface area contributed by atoms with Crippen molar-refractivity contribution in [2.45, 2.75) is 76.9 Å². The Labute approximate surface area is 227 Å². The average molecular weight is 526 g/mol. The number of phenols is 1. The van der Waals surface area contributed by atoms with E-state index in [9.17, 15) is 14.7 Å². The van der Waals surface area contributed by atoms with Gasteiger partial charge in [-0.2, -0.15) is 0 Å². The number of benzene rings is 1. The van der Waals surface area contributed by atoms with Crippen LogP contribution >= 0.6 is 11.8 Å². The van der Waals surface area contributed by atoms with E-state index in [1.165, 1.54) is 18.2 Å². The molecule has 0 heterocycles. The molecule has 1 aromatic carbocycles. The number of anilines is 1. The second kappa shape index (κ2) is 21.1. The number of hydrogen-bond acceptors (Lipinski definition) is 4. The third-order valence-electron chi connectivity index (χ3n) is 5.40. The summed E-state index contributed by atoms with van der Waals surface area (Å²) in [7, 11) is 0. The van der Waals surface area contributed by atoms with Gasteiger partial charge < -0.3 is 15.5 Å². The average Bonchev–Trinajstić information content (AvgIpc) is 2.88. The summed E-state index contributed by atoms with van der Waals surface area (Å²) in [6, 6.07) is 4.06. The third kappa shape index (κ3) is 15.7. The molecule has 0 aliphatic heterocycles. The van der Waals surface area contributed by atoms with Crippen LogP contribution in [-0.4, -0.2) is 33.1 Å². The van der Waals surface area contributed by atoms with Gasteiger partial charge in [-0.05, 0) is 81.7 Å². The van der Waals surface area contributed by atoms with E-state index in [2.05, 4.69) is 73.0 Å². The number of thioether (sulfide) groups is 1. The lowest BCUT2D eigenvalue weighted by Gasteiger charge is -2.15. The largest absolute Gasteiger partial charge is 0.507 e. The van der Waals surface area contributed by atoms with Crippen LogP contribution in [0.4, 0.5) is 5.69 Å². The minimum absolute atomic E-state index is 0.146. The lowest BCUT2D eigenvalue weighted by molar-refractivity contribution is -0.115. The van der Waals surface area contributed by atoms with E-state index in [0.717, 1.165) is 57.1 Å². The van der Waals surface area contributed by atoms with Gasteiger partial charge in [0, 0.05) is 5.69 Å². The normalized spacial score (nSPS) is 13.0. The van der Waals surface area contributed by atoms with Crippen molar-refractivity contribution in [3.05, 3.63) is 84.5 Å². The smallest absolute Gasteiger partial charge is 0.339 e. The minimum Gasteiger partial charge on any atom is -0.507 e. The predicted octanol–water partition coefficient (Wildman–Crippen LogP) is 8.46. The predicted molar refractivity (Wildman–Crippen MR) is 159 cm³/mol. The van der Waals surface area contributed by atoms with Gasteiger partial charge in [0.15, 0.2) is 0 Å². The van der Waals surface area contributed by atoms with E-state index in [1.807, 2.05) is 6.92 Å². The molecule has 3 N–H and O–H groups in total. The highest BCUT2D eigenvalue weighted by Crippen LogP contribution is 2.23. The maximum absolute atomic E-state index is 12.6. The number of hydrogen-bond donors (Lipinski definition) is 3. The number of carbonyl (C=O) groups is 2. The Hall–Kier alpha value is -2.99. The molecule has 0 bridgehead atoms. The van der Waals surface area contributed by atoms with Crippen molar-refractivity contribution in [1.29, 1.82) is 0 Å². The highest BCUT2D eigenvalue weighted by atomic mass is 32.2. The summed E-state index contributed by atoms with van der Waals surface area (Å²) in [5.74, 6) is -0.804. The first-order valence-electron chi connectivity index (χ1n) is 13.2. The molecule has 1 aromatic rings. The first kappa shape index (κ1) is 32.0. The number of allylic oxidation sites excluding steroid dienone is 10. The molecule has 0 aliphatic rings. The molecule has 0 aliphatic carbocycles. The van der Waals surface area contributed by atoms with Crippen LogP contribution in [0.5, 0.6) is 5.75 Å². The molecule has 0 saturated carbocycles. The monoisotopic (exact) mass is 525 g/mol. The molecule has 0 saturated heterocycles. The van der Waals surface area contributed by atoms with Crippen molar-refractivity contribution in [2.75, 3.05) is 11.1 Å². The fourth-order valence-electron chi connectivity index (χ4n) is 3.35. The van der Waals surface area contributed by atoms with Crippen LogP contribution in [0.1, 0.15) is 82.0 Å². The van der Waals surface area contributed by atoms with Crippen LogP contribution in [0.15, 0.2) is 79.0 Å². The summed E-state index contributed by atoms with van der Waals surface area (Å²) in [6.45, 7) is 4.11. The summed E-state index contributed by atoms with van der Waals surface area (Å²) in [5.41, 5.74) is 0.145. The van der Waals surface area contributed by atoms with Crippen LogP contribution in [0.25, 0.3) is 0 Å². The third-order valence-corrected chi connectivity index (χ3v) is 6.87. The SMILES string of the molecule is CCC=CCC=CCC=CCC=CCC=CCCCCSC(CC)C(=O)Nc1ccc(O)c(C(=O)O)c1. The van der Waals surface area contributed by atoms with Gasteiger partial charge in [0.1, 0.15) is 11.3 Å². The number of carbonyl (C=O) groups excluding carboxylic acids is 1. The molecule has 1 rings (SSSR count). The summed E-state index contributed by atoms with van der Waals surface area (Å²) >= 11 is 1.62. The summed E-state index contributed by atoms with van der Waals surface area (Å²) in [6.07, 6.45) is 30.9. The molecule has 0 fully saturated rings.